The molecule has 1 aliphatic heterocycles. The molecular weight excluding hydrogens is 269 g/mol. The summed E-state index contributed by atoms with van der Waals surface area (Å²) in [4.78, 5) is 13.2. The van der Waals surface area contributed by atoms with Gasteiger partial charge in [0, 0.05) is 23.2 Å². The summed E-state index contributed by atoms with van der Waals surface area (Å²) in [5.74, 6) is -1.48. The number of aliphatic carboxylic acids is 1. The summed E-state index contributed by atoms with van der Waals surface area (Å²) in [6, 6.07) is 4.53. The minimum Gasteiger partial charge on any atom is -0.481 e. The maximum absolute atomic E-state index is 13.8. The molecule has 0 saturated carbocycles. The van der Waals surface area contributed by atoms with E-state index in [-0.39, 0.29) is 17.8 Å². The van der Waals surface area contributed by atoms with Gasteiger partial charge in [-0.25, -0.2) is 4.39 Å². The van der Waals surface area contributed by atoms with E-state index in [9.17, 15) is 9.18 Å². The fourth-order valence-corrected chi connectivity index (χ4v) is 2.79. The summed E-state index contributed by atoms with van der Waals surface area (Å²) < 4.78 is 13.8. The summed E-state index contributed by atoms with van der Waals surface area (Å²) in [6.07, 6.45) is 1.52. The van der Waals surface area contributed by atoms with Crippen LogP contribution < -0.4 is 0 Å². The van der Waals surface area contributed by atoms with Crippen LogP contribution in [-0.2, 0) is 11.3 Å². The van der Waals surface area contributed by atoms with E-state index in [1.54, 1.807) is 12.1 Å². The molecule has 5 heteroatoms. The Morgan fingerprint density at radius 1 is 1.58 bits per heavy atom. The van der Waals surface area contributed by atoms with Gasteiger partial charge in [-0.15, -0.1) is 0 Å². The summed E-state index contributed by atoms with van der Waals surface area (Å²) >= 11 is 5.72. The Balaban J connectivity index is 2.11. The van der Waals surface area contributed by atoms with Gasteiger partial charge in [0.25, 0.3) is 0 Å². The number of rotatable bonds is 3. The predicted octanol–water partition coefficient (Wildman–Crippen LogP) is 3.16. The van der Waals surface area contributed by atoms with Crippen LogP contribution in [0.4, 0.5) is 4.39 Å². The Morgan fingerprint density at radius 2 is 2.32 bits per heavy atom. The van der Waals surface area contributed by atoms with E-state index < -0.39 is 5.97 Å². The largest absolute Gasteiger partial charge is 0.481 e. The van der Waals surface area contributed by atoms with Crippen molar-refractivity contribution in [2.75, 3.05) is 6.54 Å². The molecule has 0 radical (unpaired) electrons. The third-order valence-electron chi connectivity index (χ3n) is 3.82. The highest BCUT2D eigenvalue weighted by molar-refractivity contribution is 6.30. The molecule has 1 aromatic rings. The SMILES string of the molecule is C[C@@H]1[C@H](C(=O)O)CCCN1Cc1ccc(Cl)cc1F. The van der Waals surface area contributed by atoms with E-state index in [2.05, 4.69) is 0 Å². The first kappa shape index (κ1) is 14.3. The molecule has 1 aromatic carbocycles. The third kappa shape index (κ3) is 3.25. The summed E-state index contributed by atoms with van der Waals surface area (Å²) in [6.45, 7) is 3.12. The molecule has 19 heavy (non-hydrogen) atoms. The van der Waals surface area contributed by atoms with Crippen molar-refractivity contribution in [3.8, 4) is 0 Å². The number of hydrogen-bond donors (Lipinski definition) is 1. The standard InChI is InChI=1S/C14H17ClFNO2/c1-9-12(14(18)19)3-2-6-17(9)8-10-4-5-11(15)7-13(10)16/h4-5,7,9,12H,2-3,6,8H2,1H3,(H,18,19)/t9-,12-/m1/s1. The average molecular weight is 286 g/mol. The van der Waals surface area contributed by atoms with E-state index >= 15 is 0 Å². The first-order valence-electron chi connectivity index (χ1n) is 6.40. The number of hydrogen-bond acceptors (Lipinski definition) is 2. The molecule has 3 nitrogen and oxygen atoms in total. The van der Waals surface area contributed by atoms with Crippen LogP contribution in [0.15, 0.2) is 18.2 Å². The number of nitrogens with zero attached hydrogens (tertiary/aromatic N) is 1. The van der Waals surface area contributed by atoms with Gasteiger partial charge < -0.3 is 5.11 Å². The number of carboxylic acid groups (broad SMARTS) is 1. The Kier molecular flexibility index (Phi) is 4.42. The second-order valence-electron chi connectivity index (χ2n) is 5.03. The summed E-state index contributed by atoms with van der Waals surface area (Å²) in [7, 11) is 0. The maximum Gasteiger partial charge on any atom is 0.308 e. The number of carboxylic acids is 1. The first-order chi connectivity index (χ1) is 8.99. The third-order valence-corrected chi connectivity index (χ3v) is 4.06. The van der Waals surface area contributed by atoms with Crippen LogP contribution in [0.5, 0.6) is 0 Å². The molecule has 1 N–H and O–H groups in total. The highest BCUT2D eigenvalue weighted by Gasteiger charge is 2.32. The Bertz CT molecular complexity index is 481. The molecule has 0 aromatic heterocycles. The van der Waals surface area contributed by atoms with Crippen LogP contribution >= 0.6 is 11.6 Å². The van der Waals surface area contributed by atoms with Crippen molar-refractivity contribution in [2.45, 2.75) is 32.4 Å². The number of halogens is 2. The molecule has 2 atom stereocenters. The highest BCUT2D eigenvalue weighted by atomic mass is 35.5. The van der Waals surface area contributed by atoms with Crippen LogP contribution in [-0.4, -0.2) is 28.6 Å². The summed E-state index contributed by atoms with van der Waals surface area (Å²) in [5.41, 5.74) is 0.558. The van der Waals surface area contributed by atoms with Gasteiger partial charge in [-0.3, -0.25) is 9.69 Å². The Morgan fingerprint density at radius 3 is 2.95 bits per heavy atom. The van der Waals surface area contributed by atoms with E-state index in [0.717, 1.165) is 13.0 Å². The molecule has 1 aliphatic rings. The normalized spacial score (nSPS) is 24.4. The van der Waals surface area contributed by atoms with Crippen molar-refractivity contribution in [1.29, 1.82) is 0 Å². The molecule has 2 rings (SSSR count). The second kappa shape index (κ2) is 5.88. The van der Waals surface area contributed by atoms with Gasteiger partial charge in [0.2, 0.25) is 0 Å². The lowest BCUT2D eigenvalue weighted by Gasteiger charge is -2.37. The number of likely N-dealkylation sites (tertiary alicyclic amines) is 1. The number of piperidine rings is 1. The van der Waals surface area contributed by atoms with E-state index in [4.69, 9.17) is 16.7 Å². The van der Waals surface area contributed by atoms with Crippen LogP contribution in [0, 0.1) is 11.7 Å². The lowest BCUT2D eigenvalue weighted by Crippen LogP contribution is -2.45. The maximum atomic E-state index is 13.8. The van der Waals surface area contributed by atoms with Crippen LogP contribution in [0.25, 0.3) is 0 Å². The molecule has 1 saturated heterocycles. The highest BCUT2D eigenvalue weighted by Crippen LogP contribution is 2.26. The fourth-order valence-electron chi connectivity index (χ4n) is 2.64. The van der Waals surface area contributed by atoms with Gasteiger partial charge in [0.15, 0.2) is 0 Å². The van der Waals surface area contributed by atoms with Gasteiger partial charge in [-0.2, -0.15) is 0 Å². The van der Waals surface area contributed by atoms with E-state index in [0.29, 0.717) is 23.6 Å². The Labute approximate surface area is 117 Å². The van der Waals surface area contributed by atoms with E-state index in [1.165, 1.54) is 6.07 Å². The van der Waals surface area contributed by atoms with Crippen LogP contribution in [0.3, 0.4) is 0 Å². The first-order valence-corrected chi connectivity index (χ1v) is 6.77. The molecule has 0 amide bonds. The fraction of sp³-hybridized carbons (Fsp3) is 0.500. The molecule has 0 aliphatic carbocycles. The molecule has 0 unspecified atom stereocenters. The number of carbonyl (C=O) groups is 1. The van der Waals surface area contributed by atoms with Crippen molar-refractivity contribution < 1.29 is 14.3 Å². The van der Waals surface area contributed by atoms with Crippen molar-refractivity contribution in [3.05, 3.63) is 34.6 Å². The number of benzene rings is 1. The molecule has 1 heterocycles. The Hall–Kier alpha value is -1.13. The molecule has 0 bridgehead atoms. The van der Waals surface area contributed by atoms with Crippen LogP contribution in [0.2, 0.25) is 5.02 Å². The predicted molar refractivity (Wildman–Crippen MR) is 71.6 cm³/mol. The van der Waals surface area contributed by atoms with Crippen LogP contribution in [0.1, 0.15) is 25.3 Å². The van der Waals surface area contributed by atoms with Gasteiger partial charge in [-0.05, 0) is 38.4 Å². The van der Waals surface area contributed by atoms with Crippen molar-refractivity contribution in [2.24, 2.45) is 5.92 Å². The summed E-state index contributed by atoms with van der Waals surface area (Å²) in [5, 5.41) is 9.54. The van der Waals surface area contributed by atoms with Crippen molar-refractivity contribution >= 4 is 17.6 Å². The minimum absolute atomic E-state index is 0.0821. The zero-order valence-corrected chi connectivity index (χ0v) is 11.5. The quantitative estimate of drug-likeness (QED) is 0.927. The topological polar surface area (TPSA) is 40.5 Å². The second-order valence-corrected chi connectivity index (χ2v) is 5.47. The van der Waals surface area contributed by atoms with E-state index in [1.807, 2.05) is 11.8 Å². The minimum atomic E-state index is -0.770. The van der Waals surface area contributed by atoms with Gasteiger partial charge in [0.1, 0.15) is 5.82 Å². The average Bonchev–Trinajstić information content (AvgIpc) is 2.34. The lowest BCUT2D eigenvalue weighted by atomic mass is 9.90. The molecule has 104 valence electrons. The molecule has 0 spiro atoms. The van der Waals surface area contributed by atoms with Gasteiger partial charge >= 0.3 is 5.97 Å². The lowest BCUT2D eigenvalue weighted by molar-refractivity contribution is -0.145. The smallest absolute Gasteiger partial charge is 0.308 e. The zero-order chi connectivity index (χ0) is 14.0. The molecular formula is C14H17ClFNO2. The van der Waals surface area contributed by atoms with Gasteiger partial charge in [0.05, 0.1) is 5.92 Å². The monoisotopic (exact) mass is 285 g/mol. The van der Waals surface area contributed by atoms with Crippen molar-refractivity contribution in [1.82, 2.24) is 4.90 Å². The molecule has 1 fully saturated rings. The van der Waals surface area contributed by atoms with Crippen molar-refractivity contribution in [3.63, 3.8) is 0 Å². The van der Waals surface area contributed by atoms with Gasteiger partial charge in [-0.1, -0.05) is 17.7 Å². The zero-order valence-electron chi connectivity index (χ0n) is 10.8.